The minimum absolute atomic E-state index is 0.234. The fourth-order valence-electron chi connectivity index (χ4n) is 1.11. The van der Waals surface area contributed by atoms with Crippen molar-refractivity contribution >= 4 is 26.7 Å². The summed E-state index contributed by atoms with van der Waals surface area (Å²) in [7, 11) is 0. The molecular formula is C9H5BrFN. The van der Waals surface area contributed by atoms with Crippen LogP contribution in [0.5, 0.6) is 0 Å². The number of rotatable bonds is 0. The van der Waals surface area contributed by atoms with Gasteiger partial charge in [-0.15, -0.1) is 0 Å². The molecule has 3 heteroatoms. The van der Waals surface area contributed by atoms with Crippen molar-refractivity contribution in [3.05, 3.63) is 40.9 Å². The van der Waals surface area contributed by atoms with Crippen molar-refractivity contribution in [2.24, 2.45) is 0 Å². The number of pyridine rings is 1. The SMILES string of the molecule is Fc1ccc2c(Br)cncc2c1. The molecule has 0 fully saturated rings. The molecule has 2 rings (SSSR count). The number of halogens is 2. The van der Waals surface area contributed by atoms with Crippen LogP contribution in [0.25, 0.3) is 10.8 Å². The van der Waals surface area contributed by atoms with Crippen LogP contribution in [0.4, 0.5) is 4.39 Å². The molecule has 0 saturated heterocycles. The lowest BCUT2D eigenvalue weighted by molar-refractivity contribution is 0.629. The summed E-state index contributed by atoms with van der Waals surface area (Å²) in [5.41, 5.74) is 0. The zero-order valence-corrected chi connectivity index (χ0v) is 7.68. The maximum Gasteiger partial charge on any atom is 0.123 e. The highest BCUT2D eigenvalue weighted by Gasteiger charge is 1.98. The Hall–Kier alpha value is -0.960. The lowest BCUT2D eigenvalue weighted by Crippen LogP contribution is -1.79. The second-order valence-corrected chi connectivity index (χ2v) is 3.34. The monoisotopic (exact) mass is 225 g/mol. The van der Waals surface area contributed by atoms with Gasteiger partial charge in [0.25, 0.3) is 0 Å². The molecule has 1 aromatic carbocycles. The van der Waals surface area contributed by atoms with Gasteiger partial charge < -0.3 is 0 Å². The third-order valence-electron chi connectivity index (χ3n) is 1.67. The van der Waals surface area contributed by atoms with Gasteiger partial charge >= 0.3 is 0 Å². The first-order chi connectivity index (χ1) is 5.77. The van der Waals surface area contributed by atoms with E-state index in [1.807, 2.05) is 0 Å². The Morgan fingerprint density at radius 2 is 2.08 bits per heavy atom. The van der Waals surface area contributed by atoms with E-state index in [2.05, 4.69) is 20.9 Å². The van der Waals surface area contributed by atoms with Crippen molar-refractivity contribution in [3.8, 4) is 0 Å². The third-order valence-corrected chi connectivity index (χ3v) is 2.30. The molecular weight excluding hydrogens is 221 g/mol. The largest absolute Gasteiger partial charge is 0.263 e. The standard InChI is InChI=1S/C9H5BrFN/c10-9-5-12-4-6-3-7(11)1-2-8(6)9/h1-5H. The minimum Gasteiger partial charge on any atom is -0.263 e. The zero-order valence-electron chi connectivity index (χ0n) is 6.09. The van der Waals surface area contributed by atoms with E-state index >= 15 is 0 Å². The molecule has 0 atom stereocenters. The van der Waals surface area contributed by atoms with Gasteiger partial charge in [-0.05, 0) is 33.4 Å². The van der Waals surface area contributed by atoms with Gasteiger partial charge in [-0.2, -0.15) is 0 Å². The second kappa shape index (κ2) is 2.83. The lowest BCUT2D eigenvalue weighted by atomic mass is 10.2. The highest BCUT2D eigenvalue weighted by atomic mass is 79.9. The fraction of sp³-hybridized carbons (Fsp3) is 0. The Morgan fingerprint density at radius 3 is 2.92 bits per heavy atom. The molecule has 0 N–H and O–H groups in total. The number of hydrogen-bond donors (Lipinski definition) is 0. The third kappa shape index (κ3) is 1.20. The zero-order chi connectivity index (χ0) is 8.55. The minimum atomic E-state index is -0.234. The van der Waals surface area contributed by atoms with Crippen LogP contribution in [-0.2, 0) is 0 Å². The number of hydrogen-bond acceptors (Lipinski definition) is 1. The Bertz CT molecular complexity index is 428. The summed E-state index contributed by atoms with van der Waals surface area (Å²) in [5, 5.41) is 1.79. The van der Waals surface area contributed by atoms with Gasteiger partial charge in [0.2, 0.25) is 0 Å². The highest BCUT2D eigenvalue weighted by Crippen LogP contribution is 2.22. The highest BCUT2D eigenvalue weighted by molar-refractivity contribution is 9.10. The predicted molar refractivity (Wildman–Crippen MR) is 49.4 cm³/mol. The first-order valence-corrected chi connectivity index (χ1v) is 4.25. The van der Waals surface area contributed by atoms with Crippen LogP contribution in [0, 0.1) is 5.82 Å². The van der Waals surface area contributed by atoms with Crippen LogP contribution < -0.4 is 0 Å². The number of benzene rings is 1. The number of fused-ring (bicyclic) bond motifs is 1. The van der Waals surface area contributed by atoms with E-state index in [1.165, 1.54) is 12.1 Å². The maximum absolute atomic E-state index is 12.7. The van der Waals surface area contributed by atoms with Gasteiger partial charge in [0.15, 0.2) is 0 Å². The Morgan fingerprint density at radius 1 is 1.25 bits per heavy atom. The molecule has 0 aliphatic rings. The van der Waals surface area contributed by atoms with E-state index < -0.39 is 0 Å². The molecule has 1 heterocycles. The normalized spacial score (nSPS) is 10.5. The van der Waals surface area contributed by atoms with E-state index in [-0.39, 0.29) is 5.82 Å². The van der Waals surface area contributed by atoms with Gasteiger partial charge in [0.05, 0.1) is 0 Å². The summed E-state index contributed by atoms with van der Waals surface area (Å²) < 4.78 is 13.6. The molecule has 0 spiro atoms. The second-order valence-electron chi connectivity index (χ2n) is 2.49. The van der Waals surface area contributed by atoms with Crippen molar-refractivity contribution in [1.29, 1.82) is 0 Å². The van der Waals surface area contributed by atoms with E-state index in [0.717, 1.165) is 15.2 Å². The van der Waals surface area contributed by atoms with E-state index in [4.69, 9.17) is 0 Å². The van der Waals surface area contributed by atoms with Crippen molar-refractivity contribution in [2.45, 2.75) is 0 Å². The van der Waals surface area contributed by atoms with E-state index in [9.17, 15) is 4.39 Å². The Kier molecular flexibility index (Phi) is 1.81. The molecule has 2 aromatic rings. The Balaban J connectivity index is 2.86. The van der Waals surface area contributed by atoms with Crippen molar-refractivity contribution < 1.29 is 4.39 Å². The van der Waals surface area contributed by atoms with Crippen LogP contribution in [0.3, 0.4) is 0 Å². The molecule has 0 saturated carbocycles. The number of nitrogens with zero attached hydrogens (tertiary/aromatic N) is 1. The van der Waals surface area contributed by atoms with Crippen molar-refractivity contribution in [3.63, 3.8) is 0 Å². The summed E-state index contributed by atoms with van der Waals surface area (Å²) in [4.78, 5) is 3.94. The van der Waals surface area contributed by atoms with Gasteiger partial charge in [0, 0.05) is 22.3 Å². The van der Waals surface area contributed by atoms with Gasteiger partial charge in [0.1, 0.15) is 5.82 Å². The smallest absolute Gasteiger partial charge is 0.123 e. The summed E-state index contributed by atoms with van der Waals surface area (Å²) in [6.07, 6.45) is 3.34. The fourth-order valence-corrected chi connectivity index (χ4v) is 1.59. The molecule has 0 radical (unpaired) electrons. The van der Waals surface area contributed by atoms with Crippen LogP contribution in [0.2, 0.25) is 0 Å². The van der Waals surface area contributed by atoms with Crippen LogP contribution in [0.15, 0.2) is 35.1 Å². The molecule has 12 heavy (non-hydrogen) atoms. The number of aromatic nitrogens is 1. The summed E-state index contributed by atoms with van der Waals surface area (Å²) in [6.45, 7) is 0. The molecule has 0 amide bonds. The quantitative estimate of drug-likeness (QED) is 0.672. The predicted octanol–water partition coefficient (Wildman–Crippen LogP) is 3.14. The molecule has 60 valence electrons. The molecule has 0 bridgehead atoms. The summed E-state index contributed by atoms with van der Waals surface area (Å²) in [5.74, 6) is -0.234. The van der Waals surface area contributed by atoms with Crippen LogP contribution >= 0.6 is 15.9 Å². The van der Waals surface area contributed by atoms with Gasteiger partial charge in [-0.1, -0.05) is 6.07 Å². The average molecular weight is 226 g/mol. The Labute approximate surface area is 77.4 Å². The molecule has 0 unspecified atom stereocenters. The molecule has 1 aromatic heterocycles. The topological polar surface area (TPSA) is 12.9 Å². The molecule has 1 nitrogen and oxygen atoms in total. The van der Waals surface area contributed by atoms with Crippen molar-refractivity contribution in [1.82, 2.24) is 4.98 Å². The summed E-state index contributed by atoms with van der Waals surface area (Å²) >= 11 is 3.34. The average Bonchev–Trinajstić information content (AvgIpc) is 2.04. The maximum atomic E-state index is 12.7. The van der Waals surface area contributed by atoms with Gasteiger partial charge in [-0.25, -0.2) is 4.39 Å². The first kappa shape index (κ1) is 7.68. The first-order valence-electron chi connectivity index (χ1n) is 3.46. The van der Waals surface area contributed by atoms with Gasteiger partial charge in [-0.3, -0.25) is 4.98 Å². The van der Waals surface area contributed by atoms with Crippen LogP contribution in [-0.4, -0.2) is 4.98 Å². The van der Waals surface area contributed by atoms with Crippen LogP contribution in [0.1, 0.15) is 0 Å². The lowest BCUT2D eigenvalue weighted by Gasteiger charge is -1.98. The van der Waals surface area contributed by atoms with Crippen molar-refractivity contribution in [2.75, 3.05) is 0 Å². The van der Waals surface area contributed by atoms with E-state index in [0.29, 0.717) is 0 Å². The molecule has 0 aliphatic heterocycles. The molecule has 0 aliphatic carbocycles. The van der Waals surface area contributed by atoms with E-state index in [1.54, 1.807) is 18.5 Å². The summed E-state index contributed by atoms with van der Waals surface area (Å²) in [6, 6.07) is 4.64.